The number of phenolic OH excluding ortho intramolecular Hbond substituents is 1. The molecule has 0 heterocycles. The molecule has 3 N–H and O–H groups in total. The Labute approximate surface area is 206 Å². The van der Waals surface area contributed by atoms with E-state index < -0.39 is 40.0 Å². The molecule has 0 aromatic heterocycles. The zero-order chi connectivity index (χ0) is 26.4. The third kappa shape index (κ3) is 5.55. The van der Waals surface area contributed by atoms with Gasteiger partial charge in [-0.3, -0.25) is 20.2 Å². The normalized spacial score (nSPS) is 12.3. The fourth-order valence-corrected chi connectivity index (χ4v) is 3.69. The van der Waals surface area contributed by atoms with E-state index in [4.69, 9.17) is 14.2 Å². The van der Waals surface area contributed by atoms with E-state index in [2.05, 4.69) is 5.32 Å². The van der Waals surface area contributed by atoms with E-state index in [1.807, 2.05) is 0 Å². The number of aromatic hydroxyl groups is 1. The topological polar surface area (TPSA) is 166 Å². The standard InChI is InChI=1S/C24H25N3O9/c1-14-17(26(30)31)11-16(12-18(14)27(32)33)25-24(15-8-9-19(29)22(10-15)35-3)23(13-28)36-21-7-5-4-6-20(21)34-2/h4-12,23-25,28-29H,13H2,1-3H3. The number of aliphatic hydroxyl groups is 1. The molecule has 0 spiro atoms. The number of nitro groups is 2. The smallest absolute Gasteiger partial charge is 0.281 e. The highest BCUT2D eigenvalue weighted by Crippen LogP contribution is 2.37. The summed E-state index contributed by atoms with van der Waals surface area (Å²) < 4.78 is 16.6. The van der Waals surface area contributed by atoms with Crippen LogP contribution in [0.1, 0.15) is 17.2 Å². The SMILES string of the molecule is COc1cc(C(Nc2cc([N+](=O)[O-])c(C)c([N+](=O)[O-])c2)C(CO)Oc2ccccc2OC)ccc1O. The first-order valence-corrected chi connectivity index (χ1v) is 10.7. The van der Waals surface area contributed by atoms with Crippen LogP contribution in [-0.2, 0) is 0 Å². The average Bonchev–Trinajstić information content (AvgIpc) is 2.87. The molecule has 0 radical (unpaired) electrons. The Hall–Kier alpha value is -4.58. The van der Waals surface area contributed by atoms with Crippen molar-refractivity contribution in [3.8, 4) is 23.0 Å². The lowest BCUT2D eigenvalue weighted by molar-refractivity contribution is -0.395. The Morgan fingerprint density at radius 2 is 1.50 bits per heavy atom. The van der Waals surface area contributed by atoms with Crippen LogP contribution in [-0.4, -0.2) is 47.0 Å². The van der Waals surface area contributed by atoms with Gasteiger partial charge in [0.05, 0.1) is 36.7 Å². The molecule has 3 rings (SSSR count). The maximum atomic E-state index is 11.6. The lowest BCUT2D eigenvalue weighted by Gasteiger charge is -2.29. The van der Waals surface area contributed by atoms with E-state index in [1.165, 1.54) is 45.4 Å². The third-order valence-corrected chi connectivity index (χ3v) is 5.53. The molecule has 190 valence electrons. The molecule has 36 heavy (non-hydrogen) atoms. The van der Waals surface area contributed by atoms with Gasteiger partial charge in [0.1, 0.15) is 11.7 Å². The second-order valence-electron chi connectivity index (χ2n) is 7.70. The Morgan fingerprint density at radius 3 is 2.03 bits per heavy atom. The van der Waals surface area contributed by atoms with E-state index in [9.17, 15) is 30.4 Å². The summed E-state index contributed by atoms with van der Waals surface area (Å²) in [6.07, 6.45) is -1.00. The molecule has 12 nitrogen and oxygen atoms in total. The largest absolute Gasteiger partial charge is 0.504 e. The summed E-state index contributed by atoms with van der Waals surface area (Å²) in [5.74, 6) is 0.721. The van der Waals surface area contributed by atoms with Crippen molar-refractivity contribution >= 4 is 17.1 Å². The highest BCUT2D eigenvalue weighted by atomic mass is 16.6. The predicted molar refractivity (Wildman–Crippen MR) is 130 cm³/mol. The van der Waals surface area contributed by atoms with E-state index in [0.717, 1.165) is 0 Å². The number of phenols is 1. The summed E-state index contributed by atoms with van der Waals surface area (Å²) in [7, 11) is 2.82. The molecule has 3 aromatic rings. The van der Waals surface area contributed by atoms with Crippen molar-refractivity contribution in [2.24, 2.45) is 0 Å². The summed E-state index contributed by atoms with van der Waals surface area (Å²) in [6, 6.07) is 12.6. The Balaban J connectivity index is 2.13. The lowest BCUT2D eigenvalue weighted by Crippen LogP contribution is -2.34. The summed E-state index contributed by atoms with van der Waals surface area (Å²) in [5, 5.41) is 46.4. The second-order valence-corrected chi connectivity index (χ2v) is 7.70. The van der Waals surface area contributed by atoms with Crippen LogP contribution in [0.15, 0.2) is 54.6 Å². The van der Waals surface area contributed by atoms with Gasteiger partial charge in [-0.1, -0.05) is 18.2 Å². The molecule has 0 aliphatic carbocycles. The Bertz CT molecular complexity index is 1230. The highest BCUT2D eigenvalue weighted by Gasteiger charge is 2.29. The van der Waals surface area contributed by atoms with Crippen LogP contribution >= 0.6 is 0 Å². The molecule has 0 aliphatic rings. The quantitative estimate of drug-likeness (QED) is 0.258. The van der Waals surface area contributed by atoms with Crippen LogP contribution < -0.4 is 19.5 Å². The monoisotopic (exact) mass is 499 g/mol. The fraction of sp³-hybridized carbons (Fsp3) is 0.250. The molecule has 0 fully saturated rings. The van der Waals surface area contributed by atoms with E-state index in [0.29, 0.717) is 17.1 Å². The minimum atomic E-state index is -1.00. The first-order chi connectivity index (χ1) is 17.2. The van der Waals surface area contributed by atoms with Gasteiger partial charge in [-0.2, -0.15) is 0 Å². The molecule has 3 aromatic carbocycles. The van der Waals surface area contributed by atoms with Gasteiger partial charge >= 0.3 is 0 Å². The molecule has 2 unspecified atom stereocenters. The molecular weight excluding hydrogens is 474 g/mol. The number of methoxy groups -OCH3 is 2. The van der Waals surface area contributed by atoms with E-state index in [1.54, 1.807) is 30.3 Å². The molecule has 0 amide bonds. The fourth-order valence-electron chi connectivity index (χ4n) is 3.69. The van der Waals surface area contributed by atoms with Gasteiger partial charge in [-0.15, -0.1) is 0 Å². The third-order valence-electron chi connectivity index (χ3n) is 5.53. The molecule has 12 heteroatoms. The highest BCUT2D eigenvalue weighted by molar-refractivity contribution is 5.65. The van der Waals surface area contributed by atoms with Crippen molar-refractivity contribution in [1.82, 2.24) is 0 Å². The first kappa shape index (κ1) is 26.0. The number of nitrogens with one attached hydrogen (secondary N) is 1. The van der Waals surface area contributed by atoms with Crippen LogP contribution in [0.25, 0.3) is 0 Å². The molecule has 2 atom stereocenters. The number of aliphatic hydroxyl groups excluding tert-OH is 1. The number of hydrogen-bond donors (Lipinski definition) is 3. The molecule has 0 aliphatic heterocycles. The first-order valence-electron chi connectivity index (χ1n) is 10.7. The van der Waals surface area contributed by atoms with Crippen molar-refractivity contribution in [2.75, 3.05) is 26.1 Å². The maximum absolute atomic E-state index is 11.6. The van der Waals surface area contributed by atoms with Crippen LogP contribution in [0.3, 0.4) is 0 Å². The predicted octanol–water partition coefficient (Wildman–Crippen LogP) is 4.13. The zero-order valence-electron chi connectivity index (χ0n) is 19.7. The van der Waals surface area contributed by atoms with Crippen molar-refractivity contribution in [1.29, 1.82) is 0 Å². The number of nitrogens with zero attached hydrogens (tertiary/aromatic N) is 2. The van der Waals surface area contributed by atoms with Crippen LogP contribution in [0.4, 0.5) is 17.1 Å². The van der Waals surface area contributed by atoms with Gasteiger partial charge in [0.15, 0.2) is 23.0 Å². The second kappa shape index (κ2) is 11.2. The summed E-state index contributed by atoms with van der Waals surface area (Å²) in [5.41, 5.74) is -0.468. The van der Waals surface area contributed by atoms with Gasteiger partial charge in [0.2, 0.25) is 0 Å². The van der Waals surface area contributed by atoms with Gasteiger partial charge in [-0.05, 0) is 36.8 Å². The van der Waals surface area contributed by atoms with Crippen LogP contribution in [0.2, 0.25) is 0 Å². The summed E-state index contributed by atoms with van der Waals surface area (Å²) in [4.78, 5) is 21.7. The van der Waals surface area contributed by atoms with Crippen molar-refractivity contribution < 1.29 is 34.3 Å². The molecule has 0 saturated heterocycles. The van der Waals surface area contributed by atoms with Gasteiger partial charge < -0.3 is 29.7 Å². The lowest BCUT2D eigenvalue weighted by atomic mass is 9.99. The number of hydrogen-bond acceptors (Lipinski definition) is 10. The van der Waals surface area contributed by atoms with E-state index in [-0.39, 0.29) is 22.7 Å². The van der Waals surface area contributed by atoms with Gasteiger partial charge in [0.25, 0.3) is 11.4 Å². The maximum Gasteiger partial charge on any atom is 0.281 e. The van der Waals surface area contributed by atoms with Crippen molar-refractivity contribution in [3.05, 3.63) is 86.0 Å². The summed E-state index contributed by atoms with van der Waals surface area (Å²) in [6.45, 7) is 0.776. The van der Waals surface area contributed by atoms with E-state index >= 15 is 0 Å². The molecular formula is C24H25N3O9. The molecule has 0 bridgehead atoms. The number of ether oxygens (including phenoxy) is 3. The number of rotatable bonds is 11. The van der Waals surface area contributed by atoms with Crippen LogP contribution in [0, 0.1) is 27.2 Å². The van der Waals surface area contributed by atoms with Crippen molar-refractivity contribution in [2.45, 2.75) is 19.1 Å². The summed E-state index contributed by atoms with van der Waals surface area (Å²) >= 11 is 0. The zero-order valence-corrected chi connectivity index (χ0v) is 19.7. The Kier molecular flexibility index (Phi) is 8.12. The van der Waals surface area contributed by atoms with Crippen LogP contribution in [0.5, 0.6) is 23.0 Å². The minimum Gasteiger partial charge on any atom is -0.504 e. The molecule has 0 saturated carbocycles. The number of nitro benzene ring substituents is 2. The number of para-hydroxylation sites is 2. The number of anilines is 1. The Morgan fingerprint density at radius 1 is 0.917 bits per heavy atom. The van der Waals surface area contributed by atoms with Gasteiger partial charge in [-0.25, -0.2) is 0 Å². The average molecular weight is 499 g/mol. The van der Waals surface area contributed by atoms with Crippen molar-refractivity contribution in [3.63, 3.8) is 0 Å². The number of benzene rings is 3. The minimum absolute atomic E-state index is 0.0538. The van der Waals surface area contributed by atoms with Gasteiger partial charge in [0, 0.05) is 17.8 Å².